The van der Waals surface area contributed by atoms with Crippen LogP contribution in [0.1, 0.15) is 18.1 Å². The third kappa shape index (κ3) is 4.06. The zero-order valence-corrected chi connectivity index (χ0v) is 18.7. The number of anilines is 1. The first-order chi connectivity index (χ1) is 16.1. The number of hydrogen-bond acceptors (Lipinski definition) is 6. The number of amides is 1. The van der Waals surface area contributed by atoms with Gasteiger partial charge in [-0.3, -0.25) is 4.79 Å². The van der Waals surface area contributed by atoms with Gasteiger partial charge in [-0.25, -0.2) is 26.2 Å². The number of carbonyl (C=O) groups excluding carboxylic acids is 1. The van der Waals surface area contributed by atoms with Gasteiger partial charge in [0.25, 0.3) is 10.0 Å². The Labute approximate surface area is 193 Å². The second-order valence-electron chi connectivity index (χ2n) is 7.33. The fourth-order valence-corrected chi connectivity index (χ4v) is 4.63. The number of carbonyl (C=O) groups is 1. The van der Waals surface area contributed by atoms with Crippen LogP contribution in [0.25, 0.3) is 11.0 Å². The summed E-state index contributed by atoms with van der Waals surface area (Å²) < 4.78 is 61.8. The van der Waals surface area contributed by atoms with Gasteiger partial charge in [-0.05, 0) is 25.1 Å². The van der Waals surface area contributed by atoms with E-state index >= 15 is 0 Å². The van der Waals surface area contributed by atoms with Gasteiger partial charge >= 0.3 is 0 Å². The number of hydrogen-bond donors (Lipinski definition) is 1. The molecule has 0 saturated heterocycles. The SMILES string of the molecule is CC(=O)Nc1cc(F)c(Oc2ccnc3c2c(C#N)cn3S(=O)(=O)c2ccc(C)cc2)c(F)c1. The van der Waals surface area contributed by atoms with Crippen molar-refractivity contribution in [2.75, 3.05) is 5.32 Å². The number of nitrogens with zero attached hydrogens (tertiary/aromatic N) is 3. The van der Waals surface area contributed by atoms with Gasteiger partial charge in [0.15, 0.2) is 23.0 Å². The van der Waals surface area contributed by atoms with Crippen LogP contribution in [-0.4, -0.2) is 23.3 Å². The Hall–Kier alpha value is -4.30. The highest BCUT2D eigenvalue weighted by Gasteiger charge is 2.25. The second-order valence-corrected chi connectivity index (χ2v) is 9.14. The fraction of sp³-hybridized carbons (Fsp3) is 0.0870. The molecule has 0 spiro atoms. The second kappa shape index (κ2) is 8.57. The van der Waals surface area contributed by atoms with Gasteiger partial charge < -0.3 is 10.1 Å². The highest BCUT2D eigenvalue weighted by Crippen LogP contribution is 2.36. The number of nitrogens with one attached hydrogen (secondary N) is 1. The molecule has 1 amide bonds. The summed E-state index contributed by atoms with van der Waals surface area (Å²) in [5, 5.41) is 11.8. The largest absolute Gasteiger partial charge is 0.450 e. The molecule has 0 saturated carbocycles. The quantitative estimate of drug-likeness (QED) is 0.449. The number of nitriles is 1. The molecule has 4 rings (SSSR count). The molecule has 0 fully saturated rings. The van der Waals surface area contributed by atoms with Gasteiger partial charge in [0.05, 0.1) is 15.8 Å². The van der Waals surface area contributed by atoms with Crippen molar-refractivity contribution in [1.29, 1.82) is 5.26 Å². The van der Waals surface area contributed by atoms with Crippen molar-refractivity contribution in [3.63, 3.8) is 0 Å². The van der Waals surface area contributed by atoms with Crippen LogP contribution in [0.2, 0.25) is 0 Å². The molecule has 1 N–H and O–H groups in total. The molecule has 2 heterocycles. The molecular formula is C23H16F2N4O4S. The Morgan fingerprint density at radius 2 is 1.79 bits per heavy atom. The highest BCUT2D eigenvalue weighted by atomic mass is 32.2. The number of rotatable bonds is 5. The van der Waals surface area contributed by atoms with E-state index in [0.29, 0.717) is 0 Å². The van der Waals surface area contributed by atoms with Gasteiger partial charge in [0.1, 0.15) is 11.8 Å². The Kier molecular flexibility index (Phi) is 5.76. The minimum absolute atomic E-state index is 0.0294. The summed E-state index contributed by atoms with van der Waals surface area (Å²) in [6, 6.07) is 11.0. The molecule has 2 aromatic carbocycles. The normalized spacial score (nSPS) is 11.3. The molecular weight excluding hydrogens is 466 g/mol. The van der Waals surface area contributed by atoms with E-state index in [0.717, 1.165) is 27.9 Å². The lowest BCUT2D eigenvalue weighted by molar-refractivity contribution is -0.114. The van der Waals surface area contributed by atoms with Crippen molar-refractivity contribution >= 4 is 32.7 Å². The highest BCUT2D eigenvalue weighted by molar-refractivity contribution is 7.90. The van der Waals surface area contributed by atoms with Crippen molar-refractivity contribution in [2.24, 2.45) is 0 Å². The standard InChI is InChI=1S/C23H16F2N4O4S/c1-13-3-5-17(6-4-13)34(31,32)29-12-15(11-26)21-20(7-8-27-23(21)29)33-22-18(24)9-16(10-19(22)25)28-14(2)30/h3-10,12H,1-2H3,(H,28,30). The number of fused-ring (bicyclic) bond motifs is 1. The summed E-state index contributed by atoms with van der Waals surface area (Å²) in [4.78, 5) is 15.2. The first-order valence-electron chi connectivity index (χ1n) is 9.78. The first-order valence-corrected chi connectivity index (χ1v) is 11.2. The van der Waals surface area contributed by atoms with Gasteiger partial charge in [-0.1, -0.05) is 17.7 Å². The van der Waals surface area contributed by atoms with E-state index in [1.165, 1.54) is 31.3 Å². The number of aryl methyl sites for hydroxylation is 1. The van der Waals surface area contributed by atoms with Crippen LogP contribution in [0.5, 0.6) is 11.5 Å². The average Bonchev–Trinajstić information content (AvgIpc) is 3.16. The lowest BCUT2D eigenvalue weighted by atomic mass is 10.2. The molecule has 2 aromatic heterocycles. The van der Waals surface area contributed by atoms with E-state index in [1.807, 2.05) is 6.07 Å². The topological polar surface area (TPSA) is 114 Å². The summed E-state index contributed by atoms with van der Waals surface area (Å²) in [5.74, 6) is -3.71. The van der Waals surface area contributed by atoms with E-state index in [1.54, 1.807) is 19.1 Å². The maximum atomic E-state index is 14.6. The monoisotopic (exact) mass is 482 g/mol. The van der Waals surface area contributed by atoms with Crippen LogP contribution >= 0.6 is 0 Å². The van der Waals surface area contributed by atoms with E-state index in [2.05, 4.69) is 10.3 Å². The lowest BCUT2D eigenvalue weighted by Crippen LogP contribution is -2.12. The molecule has 172 valence electrons. The Morgan fingerprint density at radius 1 is 1.15 bits per heavy atom. The number of aromatic nitrogens is 2. The Bertz CT molecular complexity index is 1570. The third-order valence-electron chi connectivity index (χ3n) is 4.85. The molecule has 34 heavy (non-hydrogen) atoms. The molecule has 0 radical (unpaired) electrons. The maximum absolute atomic E-state index is 14.6. The fourth-order valence-electron chi connectivity index (χ4n) is 3.32. The van der Waals surface area contributed by atoms with Crippen molar-refractivity contribution in [1.82, 2.24) is 8.96 Å². The van der Waals surface area contributed by atoms with E-state index in [4.69, 9.17) is 4.74 Å². The summed E-state index contributed by atoms with van der Waals surface area (Å²) in [6.07, 6.45) is 2.27. The zero-order chi connectivity index (χ0) is 24.6. The van der Waals surface area contributed by atoms with Gasteiger partial charge in [0, 0.05) is 37.1 Å². The molecule has 0 unspecified atom stereocenters. The lowest BCUT2D eigenvalue weighted by Gasteiger charge is -2.11. The Balaban J connectivity index is 1.85. The number of benzene rings is 2. The summed E-state index contributed by atoms with van der Waals surface area (Å²) >= 11 is 0. The Morgan fingerprint density at radius 3 is 2.38 bits per heavy atom. The van der Waals surface area contributed by atoms with Crippen LogP contribution in [0.3, 0.4) is 0 Å². The molecule has 8 nitrogen and oxygen atoms in total. The molecule has 0 aliphatic heterocycles. The first kappa shape index (κ1) is 22.9. The summed E-state index contributed by atoms with van der Waals surface area (Å²) in [6.45, 7) is 2.99. The molecule has 0 atom stereocenters. The molecule has 0 aliphatic rings. The van der Waals surface area contributed by atoms with Crippen LogP contribution in [-0.2, 0) is 14.8 Å². The predicted octanol–water partition coefficient (Wildman–Crippen LogP) is 4.48. The average molecular weight is 482 g/mol. The summed E-state index contributed by atoms with van der Waals surface area (Å²) in [5.41, 5.74) is 0.481. The number of halogens is 2. The maximum Gasteiger partial charge on any atom is 0.269 e. The number of pyridine rings is 1. The molecule has 11 heteroatoms. The van der Waals surface area contributed by atoms with Crippen LogP contribution in [0.4, 0.5) is 14.5 Å². The van der Waals surface area contributed by atoms with Crippen LogP contribution in [0, 0.1) is 29.9 Å². The third-order valence-corrected chi connectivity index (χ3v) is 6.51. The van der Waals surface area contributed by atoms with Crippen molar-refractivity contribution in [3.05, 3.63) is 77.6 Å². The van der Waals surface area contributed by atoms with E-state index < -0.39 is 33.3 Å². The number of ether oxygens (including phenoxy) is 1. The molecule has 0 aliphatic carbocycles. The minimum atomic E-state index is -4.14. The van der Waals surface area contributed by atoms with Gasteiger partial charge in [-0.2, -0.15) is 5.26 Å². The zero-order valence-electron chi connectivity index (χ0n) is 17.8. The minimum Gasteiger partial charge on any atom is -0.450 e. The van der Waals surface area contributed by atoms with E-state index in [9.17, 15) is 27.3 Å². The molecule has 0 bridgehead atoms. The smallest absolute Gasteiger partial charge is 0.269 e. The predicted molar refractivity (Wildman–Crippen MR) is 119 cm³/mol. The molecule has 4 aromatic rings. The van der Waals surface area contributed by atoms with Gasteiger partial charge in [0.2, 0.25) is 5.91 Å². The van der Waals surface area contributed by atoms with Crippen LogP contribution < -0.4 is 10.1 Å². The van der Waals surface area contributed by atoms with Crippen molar-refractivity contribution in [2.45, 2.75) is 18.7 Å². The van der Waals surface area contributed by atoms with Crippen molar-refractivity contribution in [3.8, 4) is 17.6 Å². The van der Waals surface area contributed by atoms with Gasteiger partial charge in [-0.15, -0.1) is 0 Å². The van der Waals surface area contributed by atoms with Crippen LogP contribution in [0.15, 0.2) is 59.8 Å². The summed E-state index contributed by atoms with van der Waals surface area (Å²) in [7, 11) is -4.14. The van der Waals surface area contributed by atoms with Crippen molar-refractivity contribution < 1.29 is 26.7 Å². The van der Waals surface area contributed by atoms with E-state index in [-0.39, 0.29) is 32.9 Å².